The van der Waals surface area contributed by atoms with Gasteiger partial charge in [-0.2, -0.15) is 0 Å². The molecule has 0 unspecified atom stereocenters. The number of hydrogen-bond donors (Lipinski definition) is 1. The maximum Gasteiger partial charge on any atom is 0.371 e. The van der Waals surface area contributed by atoms with Gasteiger partial charge in [0.25, 0.3) is 0 Å². The summed E-state index contributed by atoms with van der Waals surface area (Å²) in [5.41, 5.74) is -0.0722. The van der Waals surface area contributed by atoms with Crippen LogP contribution in [0.15, 0.2) is 21.4 Å². The van der Waals surface area contributed by atoms with E-state index in [4.69, 9.17) is 32.7 Å². The van der Waals surface area contributed by atoms with E-state index in [1.807, 2.05) is 0 Å². The highest BCUT2D eigenvalue weighted by Gasteiger charge is 2.26. The van der Waals surface area contributed by atoms with E-state index in [1.54, 1.807) is 0 Å². The van der Waals surface area contributed by atoms with Gasteiger partial charge in [0.1, 0.15) is 5.02 Å². The van der Waals surface area contributed by atoms with Crippen LogP contribution in [0.5, 0.6) is 0 Å². The second-order valence-corrected chi connectivity index (χ2v) is 7.02. The van der Waals surface area contributed by atoms with E-state index < -0.39 is 21.8 Å². The van der Waals surface area contributed by atoms with E-state index >= 15 is 0 Å². The lowest BCUT2D eigenvalue weighted by Crippen LogP contribution is -2.22. The maximum atomic E-state index is 12.2. The van der Waals surface area contributed by atoms with Gasteiger partial charge < -0.3 is 9.52 Å². The Morgan fingerprint density at radius 2 is 1.90 bits per heavy atom. The Kier molecular flexibility index (Phi) is 3.72. The summed E-state index contributed by atoms with van der Waals surface area (Å²) in [6.07, 6.45) is 0. The molecule has 6 nitrogen and oxygen atoms in total. The molecule has 2 aromatic rings. The number of halogens is 2. The summed E-state index contributed by atoms with van der Waals surface area (Å²) in [6, 6.07) is 2.28. The molecular formula is C11H9Cl2NO5S. The molecule has 0 aliphatic rings. The van der Waals surface area contributed by atoms with Gasteiger partial charge >= 0.3 is 5.97 Å². The zero-order chi connectivity index (χ0) is 15.2. The molecule has 108 valence electrons. The topological polar surface area (TPSA) is 87.8 Å². The number of furan rings is 1. The third-order valence-corrected chi connectivity index (χ3v) is 5.26. The minimum atomic E-state index is -3.82. The number of sulfonamides is 1. The number of fused-ring (bicyclic) bond motifs is 1. The van der Waals surface area contributed by atoms with Crippen LogP contribution in [-0.2, 0) is 10.0 Å². The van der Waals surface area contributed by atoms with Gasteiger partial charge in [-0.25, -0.2) is 17.5 Å². The third-order valence-electron chi connectivity index (χ3n) is 2.63. The molecule has 0 atom stereocenters. The SMILES string of the molecule is CN(C)S(=O)(=O)c1cc(Cl)c(Cl)c2oc(C(=O)O)cc12. The molecule has 1 aromatic heterocycles. The Morgan fingerprint density at radius 1 is 1.30 bits per heavy atom. The highest BCUT2D eigenvalue weighted by atomic mass is 35.5. The Morgan fingerprint density at radius 3 is 2.40 bits per heavy atom. The number of benzene rings is 1. The first-order valence-corrected chi connectivity index (χ1v) is 7.43. The molecule has 0 amide bonds. The lowest BCUT2D eigenvalue weighted by atomic mass is 10.2. The molecule has 1 heterocycles. The minimum absolute atomic E-state index is 0.0353. The number of aromatic carboxylic acids is 1. The summed E-state index contributed by atoms with van der Waals surface area (Å²) < 4.78 is 30.5. The molecule has 0 spiro atoms. The first kappa shape index (κ1) is 15.1. The molecule has 9 heteroatoms. The smallest absolute Gasteiger partial charge is 0.371 e. The number of hydrogen-bond acceptors (Lipinski definition) is 4. The third kappa shape index (κ3) is 2.26. The van der Waals surface area contributed by atoms with Crippen molar-refractivity contribution < 1.29 is 22.7 Å². The van der Waals surface area contributed by atoms with Crippen molar-refractivity contribution in [2.75, 3.05) is 14.1 Å². The molecule has 0 aliphatic carbocycles. The van der Waals surface area contributed by atoms with Crippen LogP contribution in [0.1, 0.15) is 10.6 Å². The monoisotopic (exact) mass is 337 g/mol. The van der Waals surface area contributed by atoms with E-state index in [0.717, 1.165) is 10.4 Å². The van der Waals surface area contributed by atoms with Crippen molar-refractivity contribution in [3.05, 3.63) is 27.9 Å². The molecule has 1 N–H and O–H groups in total. The molecule has 0 bridgehead atoms. The van der Waals surface area contributed by atoms with Gasteiger partial charge in [-0.05, 0) is 6.07 Å². The predicted molar refractivity (Wildman–Crippen MR) is 74.1 cm³/mol. The van der Waals surface area contributed by atoms with Crippen LogP contribution in [0.2, 0.25) is 10.0 Å². The van der Waals surface area contributed by atoms with E-state index in [-0.39, 0.29) is 25.9 Å². The van der Waals surface area contributed by atoms with Crippen molar-refractivity contribution in [3.63, 3.8) is 0 Å². The van der Waals surface area contributed by atoms with Crippen LogP contribution in [0.25, 0.3) is 11.0 Å². The van der Waals surface area contributed by atoms with Gasteiger partial charge in [-0.1, -0.05) is 23.2 Å². The number of nitrogens with zero attached hydrogens (tertiary/aromatic N) is 1. The van der Waals surface area contributed by atoms with Gasteiger partial charge in [0.05, 0.1) is 9.92 Å². The van der Waals surface area contributed by atoms with Crippen LogP contribution >= 0.6 is 23.2 Å². The van der Waals surface area contributed by atoms with E-state index in [1.165, 1.54) is 20.2 Å². The highest BCUT2D eigenvalue weighted by Crippen LogP contribution is 2.38. The first-order chi connectivity index (χ1) is 9.16. The zero-order valence-corrected chi connectivity index (χ0v) is 12.7. The van der Waals surface area contributed by atoms with E-state index in [0.29, 0.717) is 0 Å². The first-order valence-electron chi connectivity index (χ1n) is 5.23. The van der Waals surface area contributed by atoms with Crippen LogP contribution in [-0.4, -0.2) is 37.9 Å². The molecule has 0 saturated carbocycles. The summed E-state index contributed by atoms with van der Waals surface area (Å²) in [5, 5.41) is 8.92. The molecule has 0 radical (unpaired) electrons. The summed E-state index contributed by atoms with van der Waals surface area (Å²) in [4.78, 5) is 10.8. The molecule has 0 fully saturated rings. The lowest BCUT2D eigenvalue weighted by molar-refractivity contribution is 0.0665. The molecule has 0 aliphatic heterocycles. The number of carbonyl (C=O) groups is 1. The molecule has 2 rings (SSSR count). The highest BCUT2D eigenvalue weighted by molar-refractivity contribution is 7.89. The second-order valence-electron chi connectivity index (χ2n) is 4.12. The predicted octanol–water partition coefficient (Wildman–Crippen LogP) is 2.69. The summed E-state index contributed by atoms with van der Waals surface area (Å²) in [6.45, 7) is 0. The molecule has 1 aromatic carbocycles. The maximum absolute atomic E-state index is 12.2. The van der Waals surface area contributed by atoms with Gasteiger partial charge in [0, 0.05) is 25.5 Å². The van der Waals surface area contributed by atoms with Crippen molar-refractivity contribution in [2.45, 2.75) is 4.90 Å². The van der Waals surface area contributed by atoms with Crippen molar-refractivity contribution >= 4 is 50.2 Å². The van der Waals surface area contributed by atoms with Crippen LogP contribution in [0.4, 0.5) is 0 Å². The largest absolute Gasteiger partial charge is 0.475 e. The average molecular weight is 338 g/mol. The van der Waals surface area contributed by atoms with Gasteiger partial charge in [0.15, 0.2) is 5.58 Å². The molecule has 20 heavy (non-hydrogen) atoms. The summed E-state index contributed by atoms with van der Waals surface area (Å²) in [5.74, 6) is -1.75. The standard InChI is InChI=1S/C11H9Cl2NO5S/c1-14(2)20(17,18)8-4-6(12)9(13)10-5(8)3-7(19-10)11(15)16/h3-4H,1-2H3,(H,15,16). The van der Waals surface area contributed by atoms with Gasteiger partial charge in [0.2, 0.25) is 15.8 Å². The van der Waals surface area contributed by atoms with Crippen LogP contribution < -0.4 is 0 Å². The zero-order valence-electron chi connectivity index (χ0n) is 10.3. The Labute approximate surface area is 124 Å². The molecular weight excluding hydrogens is 329 g/mol. The van der Waals surface area contributed by atoms with Crippen LogP contribution in [0.3, 0.4) is 0 Å². The Balaban J connectivity index is 2.93. The van der Waals surface area contributed by atoms with Crippen molar-refractivity contribution in [3.8, 4) is 0 Å². The molecule has 0 saturated heterocycles. The van der Waals surface area contributed by atoms with Crippen LogP contribution in [0, 0.1) is 0 Å². The fourth-order valence-electron chi connectivity index (χ4n) is 1.62. The van der Waals surface area contributed by atoms with Crippen molar-refractivity contribution in [1.29, 1.82) is 0 Å². The Hall–Kier alpha value is -1.28. The summed E-state index contributed by atoms with van der Waals surface area (Å²) in [7, 11) is -1.12. The Bertz CT molecular complexity index is 810. The average Bonchev–Trinajstić information content (AvgIpc) is 2.78. The second kappa shape index (κ2) is 4.92. The van der Waals surface area contributed by atoms with E-state index in [2.05, 4.69) is 0 Å². The summed E-state index contributed by atoms with van der Waals surface area (Å²) >= 11 is 11.8. The van der Waals surface area contributed by atoms with Gasteiger partial charge in [-0.3, -0.25) is 0 Å². The van der Waals surface area contributed by atoms with Gasteiger partial charge in [-0.15, -0.1) is 0 Å². The normalized spacial score (nSPS) is 12.2. The fraction of sp³-hybridized carbons (Fsp3) is 0.182. The number of carboxylic acid groups (broad SMARTS) is 1. The lowest BCUT2D eigenvalue weighted by Gasteiger charge is -2.12. The minimum Gasteiger partial charge on any atom is -0.475 e. The van der Waals surface area contributed by atoms with Crippen molar-refractivity contribution in [2.24, 2.45) is 0 Å². The quantitative estimate of drug-likeness (QED) is 0.930. The number of rotatable bonds is 3. The van der Waals surface area contributed by atoms with Crippen molar-refractivity contribution in [1.82, 2.24) is 4.31 Å². The van der Waals surface area contributed by atoms with E-state index in [9.17, 15) is 13.2 Å². The number of carboxylic acids is 1. The fourth-order valence-corrected chi connectivity index (χ4v) is 3.16.